The first-order valence-electron chi connectivity index (χ1n) is 34.3. The van der Waals surface area contributed by atoms with E-state index in [1.807, 2.05) is 21.1 Å². The second kappa shape index (κ2) is 66.6. The summed E-state index contributed by atoms with van der Waals surface area (Å²) in [6.07, 6.45) is 97.4. The molecule has 0 saturated carbocycles. The number of likely N-dealkylation sites (N-methyl/N-ethyl adjacent to an activating group) is 1. The number of unbranched alkanes of at least 4 members (excludes halogenated alkanes) is 18. The molecule has 0 aromatic carbocycles. The zero-order valence-electron chi connectivity index (χ0n) is 55.9. The SMILES string of the molecule is CC/C=C\C/C=C\C/C=C\C/C=C\C/C=C\C/C=C\C/C=C\C/C=C\C/C=C\C/C=C\C/C=C\C/C=C\CCCCC(=O)OC(COC(=O)CCCCCCCCCCCCC/C=C\C/C=C\CCCCCCC)COC(OCC[N+](C)(C)C)C(=O)O. The summed E-state index contributed by atoms with van der Waals surface area (Å²) in [5.41, 5.74) is 0. The number of quaternary nitrogens is 1. The monoisotopic (exact) mass is 1200 g/mol. The topological polar surface area (TPSA) is 108 Å². The van der Waals surface area contributed by atoms with Crippen molar-refractivity contribution in [3.8, 4) is 0 Å². The van der Waals surface area contributed by atoms with Gasteiger partial charge >= 0.3 is 17.9 Å². The third-order valence-electron chi connectivity index (χ3n) is 14.0. The van der Waals surface area contributed by atoms with E-state index in [2.05, 4.69) is 184 Å². The van der Waals surface area contributed by atoms with E-state index in [0.717, 1.165) is 116 Å². The molecular formula is C78H126NO8+. The molecule has 0 aliphatic carbocycles. The molecule has 9 heteroatoms. The van der Waals surface area contributed by atoms with Crippen LogP contribution in [0.15, 0.2) is 170 Å². The molecule has 0 heterocycles. The molecule has 2 unspecified atom stereocenters. The summed E-state index contributed by atoms with van der Waals surface area (Å²) in [5.74, 6) is -2.08. The molecule has 2 atom stereocenters. The molecule has 1 N–H and O–H groups in total. The molecule has 87 heavy (non-hydrogen) atoms. The van der Waals surface area contributed by atoms with E-state index >= 15 is 0 Å². The molecule has 0 aliphatic rings. The van der Waals surface area contributed by atoms with Crippen LogP contribution in [-0.2, 0) is 33.3 Å². The van der Waals surface area contributed by atoms with Gasteiger partial charge in [0.25, 0.3) is 6.29 Å². The Bertz CT molecular complexity index is 2030. The molecular weight excluding hydrogens is 1080 g/mol. The quantitative estimate of drug-likeness (QED) is 0.0211. The van der Waals surface area contributed by atoms with Gasteiger partial charge in [0.15, 0.2) is 6.10 Å². The van der Waals surface area contributed by atoms with E-state index in [9.17, 15) is 19.5 Å². The fourth-order valence-corrected chi connectivity index (χ4v) is 8.73. The van der Waals surface area contributed by atoms with Crippen molar-refractivity contribution in [3.05, 3.63) is 170 Å². The number of hydrogen-bond donors (Lipinski definition) is 1. The van der Waals surface area contributed by atoms with Gasteiger partial charge in [-0.1, -0.05) is 267 Å². The lowest BCUT2D eigenvalue weighted by Gasteiger charge is -2.25. The molecule has 9 nitrogen and oxygen atoms in total. The fourth-order valence-electron chi connectivity index (χ4n) is 8.73. The van der Waals surface area contributed by atoms with E-state index in [1.165, 1.54) is 96.3 Å². The first kappa shape index (κ1) is 81.7. The molecule has 0 radical (unpaired) electrons. The third kappa shape index (κ3) is 68.0. The molecule has 0 spiro atoms. The molecule has 490 valence electrons. The Morgan fingerprint density at radius 2 is 0.655 bits per heavy atom. The predicted octanol–water partition coefficient (Wildman–Crippen LogP) is 21.5. The van der Waals surface area contributed by atoms with Crippen LogP contribution in [0.5, 0.6) is 0 Å². The Morgan fingerprint density at radius 3 is 1.00 bits per heavy atom. The van der Waals surface area contributed by atoms with Crippen molar-refractivity contribution in [3.63, 3.8) is 0 Å². The maximum atomic E-state index is 12.9. The Hall–Kier alpha value is -5.35. The van der Waals surface area contributed by atoms with Gasteiger partial charge in [-0.3, -0.25) is 9.59 Å². The molecule has 0 amide bonds. The molecule has 0 bridgehead atoms. The number of allylic oxidation sites excluding steroid dienone is 28. The number of nitrogens with zero attached hydrogens (tertiary/aromatic N) is 1. The van der Waals surface area contributed by atoms with Crippen molar-refractivity contribution in [1.29, 1.82) is 0 Å². The van der Waals surface area contributed by atoms with Crippen LogP contribution in [0.1, 0.15) is 245 Å². The molecule has 0 aliphatic heterocycles. The third-order valence-corrected chi connectivity index (χ3v) is 14.0. The summed E-state index contributed by atoms with van der Waals surface area (Å²) in [7, 11) is 5.95. The number of aliphatic carboxylic acids is 1. The fraction of sp³-hybridized carbons (Fsp3) is 0.603. The van der Waals surface area contributed by atoms with Crippen molar-refractivity contribution >= 4 is 17.9 Å². The number of carboxylic acid groups (broad SMARTS) is 1. The maximum Gasteiger partial charge on any atom is 0.361 e. The van der Waals surface area contributed by atoms with Crippen molar-refractivity contribution < 1.29 is 42.9 Å². The second-order valence-corrected chi connectivity index (χ2v) is 23.4. The van der Waals surface area contributed by atoms with E-state index in [4.69, 9.17) is 18.9 Å². The number of hydrogen-bond acceptors (Lipinski definition) is 7. The molecule has 0 fully saturated rings. The van der Waals surface area contributed by atoms with E-state index in [-0.39, 0.29) is 38.6 Å². The predicted molar refractivity (Wildman–Crippen MR) is 373 cm³/mol. The summed E-state index contributed by atoms with van der Waals surface area (Å²) in [6.45, 7) is 4.69. The Balaban J connectivity index is 4.29. The van der Waals surface area contributed by atoms with E-state index in [0.29, 0.717) is 17.4 Å². The van der Waals surface area contributed by atoms with Crippen LogP contribution >= 0.6 is 0 Å². The van der Waals surface area contributed by atoms with Crippen molar-refractivity contribution in [1.82, 2.24) is 0 Å². The van der Waals surface area contributed by atoms with Crippen LogP contribution in [0.2, 0.25) is 0 Å². The Kier molecular flexibility index (Phi) is 62.5. The van der Waals surface area contributed by atoms with Crippen LogP contribution in [0.25, 0.3) is 0 Å². The van der Waals surface area contributed by atoms with Crippen LogP contribution in [0, 0.1) is 0 Å². The zero-order chi connectivity index (χ0) is 63.3. The number of carboxylic acids is 1. The largest absolute Gasteiger partial charge is 0.477 e. The van der Waals surface area contributed by atoms with Gasteiger partial charge in [0, 0.05) is 12.8 Å². The number of ether oxygens (including phenoxy) is 4. The minimum Gasteiger partial charge on any atom is -0.477 e. The normalized spacial score (nSPS) is 13.8. The van der Waals surface area contributed by atoms with E-state index < -0.39 is 24.3 Å². The minimum atomic E-state index is -1.53. The molecule has 0 rings (SSSR count). The van der Waals surface area contributed by atoms with Gasteiger partial charge in [-0.25, -0.2) is 4.79 Å². The van der Waals surface area contributed by atoms with Gasteiger partial charge in [0.1, 0.15) is 13.2 Å². The van der Waals surface area contributed by atoms with Crippen molar-refractivity contribution in [2.24, 2.45) is 0 Å². The van der Waals surface area contributed by atoms with Gasteiger partial charge < -0.3 is 28.5 Å². The van der Waals surface area contributed by atoms with Crippen LogP contribution in [-0.4, -0.2) is 87.4 Å². The lowest BCUT2D eigenvalue weighted by molar-refractivity contribution is -0.870. The number of rotatable bonds is 61. The number of esters is 2. The highest BCUT2D eigenvalue weighted by molar-refractivity contribution is 5.71. The highest BCUT2D eigenvalue weighted by Crippen LogP contribution is 2.15. The van der Waals surface area contributed by atoms with Crippen molar-refractivity contribution in [2.45, 2.75) is 257 Å². The minimum absolute atomic E-state index is 0.170. The van der Waals surface area contributed by atoms with Crippen LogP contribution in [0.3, 0.4) is 0 Å². The lowest BCUT2D eigenvalue weighted by Crippen LogP contribution is -2.40. The zero-order valence-corrected chi connectivity index (χ0v) is 55.9. The first-order chi connectivity index (χ1) is 42.6. The molecule has 0 saturated heterocycles. The van der Waals surface area contributed by atoms with E-state index in [1.54, 1.807) is 0 Å². The highest BCUT2D eigenvalue weighted by Gasteiger charge is 2.25. The van der Waals surface area contributed by atoms with Gasteiger partial charge in [0.2, 0.25) is 0 Å². The molecule has 0 aromatic rings. The summed E-state index contributed by atoms with van der Waals surface area (Å²) in [5, 5.41) is 9.73. The number of carbonyl (C=O) groups excluding carboxylic acids is 2. The summed E-state index contributed by atoms with van der Waals surface area (Å²) in [6, 6.07) is 0. The highest BCUT2D eigenvalue weighted by atomic mass is 16.7. The first-order valence-corrected chi connectivity index (χ1v) is 34.3. The molecule has 0 aromatic heterocycles. The van der Waals surface area contributed by atoms with Gasteiger partial charge in [-0.05, 0) is 135 Å². The van der Waals surface area contributed by atoms with Crippen LogP contribution < -0.4 is 0 Å². The van der Waals surface area contributed by atoms with Gasteiger partial charge in [-0.2, -0.15) is 0 Å². The maximum absolute atomic E-state index is 12.9. The summed E-state index contributed by atoms with van der Waals surface area (Å²) < 4.78 is 22.9. The average molecular weight is 1210 g/mol. The number of carbonyl (C=O) groups is 3. The summed E-state index contributed by atoms with van der Waals surface area (Å²) >= 11 is 0. The van der Waals surface area contributed by atoms with Crippen molar-refractivity contribution in [2.75, 3.05) is 47.5 Å². The van der Waals surface area contributed by atoms with Gasteiger partial charge in [-0.15, -0.1) is 0 Å². The second-order valence-electron chi connectivity index (χ2n) is 23.4. The van der Waals surface area contributed by atoms with Crippen LogP contribution in [0.4, 0.5) is 0 Å². The smallest absolute Gasteiger partial charge is 0.361 e. The average Bonchev–Trinajstić information content (AvgIpc) is 3.55. The Labute approximate surface area is 533 Å². The standard InChI is InChI=1S/C78H125NO8/c1-6-8-10-12-14-16-18-20-22-24-26-28-30-31-32-33-34-35-36-37-38-39-40-41-42-43-44-45-47-49-51-53-55-57-59-61-63-65-67-69-76(81)87-74(73-86-78(77(82)83)84-71-70-79(3,4)5)72-85-75(80)68-66-64-62-60-58-56-54-52-50-48-46-29-27-25-23-21-19-17-15-13-11-9-7-2/h8,10,14,16,19-22,25-28,31-32,34-35,37-38,40-41,43-44,47,49,53,55,59,61,74,78H,6-7,9,11-13,15,17-18,23-24,29-30,33,36,39,42,45-46,48,50-52,54,56-58,60,62-73H2,1-5H3/p+1/b10-8-,16-14-,21-19-,22-20-,27-25-,28-26-,32-31-,35-34-,38-37-,41-40-,44-43-,49-47-,55-53-,61-59-. The Morgan fingerprint density at radius 1 is 0.356 bits per heavy atom. The lowest BCUT2D eigenvalue weighted by atomic mass is 10.0. The summed E-state index contributed by atoms with van der Waals surface area (Å²) in [4.78, 5) is 37.6. The van der Waals surface area contributed by atoms with Gasteiger partial charge in [0.05, 0.1) is 34.4 Å².